The van der Waals surface area contributed by atoms with Gasteiger partial charge in [-0.15, -0.1) is 0 Å². The van der Waals surface area contributed by atoms with E-state index in [4.69, 9.17) is 4.74 Å². The molecule has 0 aliphatic heterocycles. The predicted molar refractivity (Wildman–Crippen MR) is 115 cm³/mol. The van der Waals surface area contributed by atoms with Gasteiger partial charge < -0.3 is 15.0 Å². The Bertz CT molecular complexity index is 925. The van der Waals surface area contributed by atoms with E-state index < -0.39 is 0 Å². The van der Waals surface area contributed by atoms with Crippen LogP contribution in [0.25, 0.3) is 0 Å². The van der Waals surface area contributed by atoms with Crippen LogP contribution in [0.4, 0.5) is 11.4 Å². The van der Waals surface area contributed by atoms with E-state index in [1.54, 1.807) is 29.2 Å². The van der Waals surface area contributed by atoms with Crippen LogP contribution in [0.3, 0.4) is 0 Å². The van der Waals surface area contributed by atoms with Crippen LogP contribution in [0.5, 0.6) is 5.75 Å². The molecule has 3 aromatic carbocycles. The van der Waals surface area contributed by atoms with Crippen LogP contribution in [-0.2, 0) is 16.2 Å². The lowest BCUT2D eigenvalue weighted by Gasteiger charge is -2.20. The molecule has 0 aliphatic rings. The molecule has 0 heterocycles. The molecule has 0 unspecified atom stereocenters. The summed E-state index contributed by atoms with van der Waals surface area (Å²) < 4.78 is 5.74. The first-order chi connectivity index (χ1) is 14.2. The summed E-state index contributed by atoms with van der Waals surface area (Å²) in [5.41, 5.74) is 2.49. The van der Waals surface area contributed by atoms with Crippen molar-refractivity contribution in [3.8, 4) is 5.75 Å². The minimum absolute atomic E-state index is 0.213. The van der Waals surface area contributed by atoms with Gasteiger partial charge in [0.25, 0.3) is 0 Å². The molecule has 0 radical (unpaired) electrons. The van der Waals surface area contributed by atoms with Crippen molar-refractivity contribution in [2.24, 2.45) is 0 Å². The molecular formula is C24H24N2O3. The summed E-state index contributed by atoms with van der Waals surface area (Å²) in [6, 6.07) is 26.3. The summed E-state index contributed by atoms with van der Waals surface area (Å²) in [4.78, 5) is 26.4. The van der Waals surface area contributed by atoms with Crippen LogP contribution in [0.2, 0.25) is 0 Å². The molecule has 2 amide bonds. The number of ether oxygens (including phenoxy) is 1. The summed E-state index contributed by atoms with van der Waals surface area (Å²) in [5.74, 6) is 0.130. The smallest absolute Gasteiger partial charge is 0.236 e. The monoisotopic (exact) mass is 388 g/mol. The fourth-order valence-corrected chi connectivity index (χ4v) is 2.92. The highest BCUT2D eigenvalue weighted by Gasteiger charge is 2.17. The van der Waals surface area contributed by atoms with Gasteiger partial charge >= 0.3 is 0 Å². The van der Waals surface area contributed by atoms with Gasteiger partial charge in [0.1, 0.15) is 18.8 Å². The number of rotatable bonds is 8. The number of nitrogens with zero attached hydrogens (tertiary/aromatic N) is 1. The average molecular weight is 388 g/mol. The summed E-state index contributed by atoms with van der Waals surface area (Å²) in [7, 11) is 0. The van der Waals surface area contributed by atoms with E-state index in [1.807, 2.05) is 67.6 Å². The van der Waals surface area contributed by atoms with Gasteiger partial charge in [0.2, 0.25) is 11.8 Å². The van der Waals surface area contributed by atoms with Crippen LogP contribution in [0, 0.1) is 0 Å². The first kappa shape index (κ1) is 20.1. The van der Waals surface area contributed by atoms with Gasteiger partial charge in [-0.2, -0.15) is 0 Å². The van der Waals surface area contributed by atoms with Gasteiger partial charge in [-0.05, 0) is 48.9 Å². The molecule has 0 aromatic heterocycles. The zero-order chi connectivity index (χ0) is 20.5. The number of benzene rings is 3. The lowest BCUT2D eigenvalue weighted by atomic mass is 10.2. The van der Waals surface area contributed by atoms with Gasteiger partial charge in [0.05, 0.1) is 0 Å². The molecule has 0 spiro atoms. The Balaban J connectivity index is 1.51. The van der Waals surface area contributed by atoms with E-state index >= 15 is 0 Å². The molecule has 3 rings (SSSR count). The van der Waals surface area contributed by atoms with E-state index in [0.717, 1.165) is 11.3 Å². The molecule has 0 atom stereocenters. The Labute approximate surface area is 170 Å². The van der Waals surface area contributed by atoms with Crippen molar-refractivity contribution in [2.75, 3.05) is 16.8 Å². The van der Waals surface area contributed by atoms with Gasteiger partial charge in [-0.1, -0.05) is 48.5 Å². The molecule has 0 saturated heterocycles. The zero-order valence-corrected chi connectivity index (χ0v) is 16.4. The average Bonchev–Trinajstić information content (AvgIpc) is 2.75. The molecule has 1 N–H and O–H groups in total. The Morgan fingerprint density at radius 2 is 1.48 bits per heavy atom. The van der Waals surface area contributed by atoms with E-state index in [2.05, 4.69) is 5.32 Å². The number of amides is 2. The van der Waals surface area contributed by atoms with Crippen LogP contribution >= 0.6 is 0 Å². The quantitative estimate of drug-likeness (QED) is 0.572. The maximum Gasteiger partial charge on any atom is 0.236 e. The second-order valence-electron chi connectivity index (χ2n) is 6.50. The van der Waals surface area contributed by atoms with Gasteiger partial charge in [-0.25, -0.2) is 0 Å². The second kappa shape index (κ2) is 10.1. The molecule has 0 fully saturated rings. The summed E-state index contributed by atoms with van der Waals surface area (Å²) in [5, 5.41) is 2.76. The number of carbonyl (C=O) groups excluding carboxylic acids is 2. The molecule has 5 nitrogen and oxygen atoms in total. The van der Waals surface area contributed by atoms with E-state index in [9.17, 15) is 9.59 Å². The summed E-state index contributed by atoms with van der Waals surface area (Å²) >= 11 is 0. The van der Waals surface area contributed by atoms with Gasteiger partial charge in [0, 0.05) is 17.9 Å². The normalized spacial score (nSPS) is 10.2. The van der Waals surface area contributed by atoms with E-state index in [1.165, 1.54) is 0 Å². The Hall–Kier alpha value is -3.60. The van der Waals surface area contributed by atoms with Crippen molar-refractivity contribution in [1.29, 1.82) is 0 Å². The number of hydrogen-bond donors (Lipinski definition) is 1. The van der Waals surface area contributed by atoms with Crippen molar-refractivity contribution in [3.63, 3.8) is 0 Å². The molecule has 148 valence electrons. The number of carbonyl (C=O) groups is 2. The molecule has 0 bridgehead atoms. The topological polar surface area (TPSA) is 58.6 Å². The molecule has 0 aliphatic carbocycles. The van der Waals surface area contributed by atoms with E-state index in [-0.39, 0.29) is 18.2 Å². The third-order valence-electron chi connectivity index (χ3n) is 4.38. The van der Waals surface area contributed by atoms with Crippen LogP contribution in [0.15, 0.2) is 84.9 Å². The second-order valence-corrected chi connectivity index (χ2v) is 6.50. The van der Waals surface area contributed by atoms with Gasteiger partial charge in [-0.3, -0.25) is 9.59 Å². The molecule has 5 heteroatoms. The van der Waals surface area contributed by atoms with Crippen molar-refractivity contribution in [3.05, 3.63) is 90.5 Å². The highest BCUT2D eigenvalue weighted by Crippen LogP contribution is 2.18. The minimum atomic E-state index is -0.345. The first-order valence-corrected chi connectivity index (χ1v) is 9.57. The third kappa shape index (κ3) is 5.94. The van der Waals surface area contributed by atoms with Crippen LogP contribution < -0.4 is 15.0 Å². The number of anilines is 2. The fourth-order valence-electron chi connectivity index (χ4n) is 2.92. The first-order valence-electron chi connectivity index (χ1n) is 9.57. The van der Waals surface area contributed by atoms with Crippen LogP contribution in [0.1, 0.15) is 18.9 Å². The zero-order valence-electron chi connectivity index (χ0n) is 16.4. The SMILES string of the molecule is CCN(C(=O)CC(=O)Nc1ccc(OCc2ccccc2)cc1)c1ccccc1. The lowest BCUT2D eigenvalue weighted by Crippen LogP contribution is -2.33. The number of para-hydroxylation sites is 1. The van der Waals surface area contributed by atoms with Gasteiger partial charge in [0.15, 0.2) is 0 Å². The minimum Gasteiger partial charge on any atom is -0.489 e. The highest BCUT2D eigenvalue weighted by atomic mass is 16.5. The molecular weight excluding hydrogens is 364 g/mol. The van der Waals surface area contributed by atoms with Crippen molar-refractivity contribution in [2.45, 2.75) is 20.0 Å². The molecule has 0 saturated carbocycles. The Kier molecular flexibility index (Phi) is 7.00. The summed E-state index contributed by atoms with van der Waals surface area (Å²) in [6.07, 6.45) is -0.213. The maximum atomic E-state index is 12.5. The third-order valence-corrected chi connectivity index (χ3v) is 4.38. The highest BCUT2D eigenvalue weighted by molar-refractivity contribution is 6.09. The van der Waals surface area contributed by atoms with Crippen LogP contribution in [-0.4, -0.2) is 18.4 Å². The summed E-state index contributed by atoms with van der Waals surface area (Å²) in [6.45, 7) is 2.87. The number of hydrogen-bond acceptors (Lipinski definition) is 3. The van der Waals surface area contributed by atoms with Crippen molar-refractivity contribution < 1.29 is 14.3 Å². The lowest BCUT2D eigenvalue weighted by molar-refractivity contribution is -0.125. The molecule has 3 aromatic rings. The largest absolute Gasteiger partial charge is 0.489 e. The fraction of sp³-hybridized carbons (Fsp3) is 0.167. The predicted octanol–water partition coefficient (Wildman–Crippen LogP) is 4.65. The van der Waals surface area contributed by atoms with Crippen molar-refractivity contribution >= 4 is 23.2 Å². The molecule has 29 heavy (non-hydrogen) atoms. The standard InChI is InChI=1S/C24H24N2O3/c1-2-26(21-11-7-4-8-12-21)24(28)17-23(27)25-20-13-15-22(16-14-20)29-18-19-9-5-3-6-10-19/h3-16H,2,17-18H2,1H3,(H,25,27). The van der Waals surface area contributed by atoms with Crippen molar-refractivity contribution in [1.82, 2.24) is 0 Å². The Morgan fingerprint density at radius 1 is 0.862 bits per heavy atom. The Morgan fingerprint density at radius 3 is 2.10 bits per heavy atom. The maximum absolute atomic E-state index is 12.5. The number of nitrogens with one attached hydrogen (secondary N) is 1. The van der Waals surface area contributed by atoms with E-state index in [0.29, 0.717) is 24.6 Å².